The van der Waals surface area contributed by atoms with Crippen LogP contribution in [0.1, 0.15) is 29.9 Å². The van der Waals surface area contributed by atoms with Gasteiger partial charge in [-0.2, -0.15) is 0 Å². The summed E-state index contributed by atoms with van der Waals surface area (Å²) >= 11 is 0. The van der Waals surface area contributed by atoms with Gasteiger partial charge in [0.2, 0.25) is 0 Å². The van der Waals surface area contributed by atoms with Gasteiger partial charge in [0.15, 0.2) is 5.78 Å². The molecule has 0 aliphatic carbocycles. The number of amides is 1. The number of nitrogens with one attached hydrogen (secondary N) is 1. The molecule has 0 aliphatic rings. The van der Waals surface area contributed by atoms with E-state index in [1.165, 1.54) is 18.3 Å². The zero-order valence-electron chi connectivity index (χ0n) is 11.7. The lowest BCUT2D eigenvalue weighted by atomic mass is 9.80. The van der Waals surface area contributed by atoms with E-state index in [1.54, 1.807) is 24.5 Å². The highest BCUT2D eigenvalue weighted by atomic mass is 16.4. The minimum absolute atomic E-state index is 0.143. The van der Waals surface area contributed by atoms with Gasteiger partial charge in [-0.3, -0.25) is 20.1 Å². The van der Waals surface area contributed by atoms with Crippen LogP contribution in [0.5, 0.6) is 0 Å². The van der Waals surface area contributed by atoms with Crippen LogP contribution in [0.15, 0.2) is 42.9 Å². The van der Waals surface area contributed by atoms with Gasteiger partial charge >= 0.3 is 6.09 Å². The Bertz CT molecular complexity index is 652. The first kappa shape index (κ1) is 14.6. The van der Waals surface area contributed by atoms with Crippen LogP contribution in [0.3, 0.4) is 0 Å². The molecule has 0 bridgehead atoms. The van der Waals surface area contributed by atoms with Crippen molar-refractivity contribution in [3.05, 3.63) is 54.1 Å². The lowest BCUT2D eigenvalue weighted by Crippen LogP contribution is -2.29. The van der Waals surface area contributed by atoms with Gasteiger partial charge in [-0.15, -0.1) is 0 Å². The molecule has 2 N–H and O–H groups in total. The van der Waals surface area contributed by atoms with E-state index in [0.717, 1.165) is 5.56 Å². The van der Waals surface area contributed by atoms with E-state index in [9.17, 15) is 9.59 Å². The van der Waals surface area contributed by atoms with Crippen LogP contribution >= 0.6 is 0 Å². The van der Waals surface area contributed by atoms with Crippen LogP contribution in [-0.2, 0) is 5.41 Å². The number of nitrogens with zero attached hydrogens (tertiary/aromatic N) is 2. The number of carbonyl (C=O) groups is 2. The van der Waals surface area contributed by atoms with Crippen LogP contribution in [-0.4, -0.2) is 27.0 Å². The normalized spacial score (nSPS) is 11.0. The molecule has 2 aromatic rings. The van der Waals surface area contributed by atoms with Gasteiger partial charge in [-0.1, -0.05) is 0 Å². The third kappa shape index (κ3) is 3.22. The number of hydrogen-bond acceptors (Lipinski definition) is 4. The second kappa shape index (κ2) is 5.70. The van der Waals surface area contributed by atoms with Crippen LogP contribution in [0.2, 0.25) is 0 Å². The average molecular weight is 285 g/mol. The first-order valence-corrected chi connectivity index (χ1v) is 6.32. The number of rotatable bonds is 4. The molecule has 108 valence electrons. The molecule has 0 fully saturated rings. The molecular weight excluding hydrogens is 270 g/mol. The topological polar surface area (TPSA) is 92.2 Å². The molecule has 0 atom stereocenters. The Morgan fingerprint density at radius 3 is 2.33 bits per heavy atom. The van der Waals surface area contributed by atoms with Crippen molar-refractivity contribution in [1.29, 1.82) is 0 Å². The van der Waals surface area contributed by atoms with Gasteiger partial charge in [0.25, 0.3) is 0 Å². The smallest absolute Gasteiger partial charge is 0.409 e. The zero-order chi connectivity index (χ0) is 15.5. The van der Waals surface area contributed by atoms with Gasteiger partial charge in [-0.25, -0.2) is 4.79 Å². The summed E-state index contributed by atoms with van der Waals surface area (Å²) in [5.74, 6) is -0.143. The maximum absolute atomic E-state index is 12.6. The third-order valence-corrected chi connectivity index (χ3v) is 3.22. The summed E-state index contributed by atoms with van der Waals surface area (Å²) < 4.78 is 0. The third-order valence-electron chi connectivity index (χ3n) is 3.22. The summed E-state index contributed by atoms with van der Waals surface area (Å²) in [6.45, 7) is 3.63. The van der Waals surface area contributed by atoms with Crippen molar-refractivity contribution < 1.29 is 14.7 Å². The number of pyridine rings is 2. The van der Waals surface area contributed by atoms with Crippen molar-refractivity contribution in [2.75, 3.05) is 5.32 Å². The predicted octanol–water partition coefficient (Wildman–Crippen LogP) is 2.73. The Hall–Kier alpha value is -2.76. The largest absolute Gasteiger partial charge is 0.465 e. The molecule has 2 heterocycles. The molecule has 0 spiro atoms. The molecule has 0 aliphatic heterocycles. The standard InChI is InChI=1S/C15H15N3O3/c1-15(2,10-5-7-16-8-6-10)13(19)12-4-3-11(9-17-12)18-14(20)21/h3-9,18H,1-2H3,(H,20,21). The van der Waals surface area contributed by atoms with Crippen molar-refractivity contribution in [2.24, 2.45) is 0 Å². The second-order valence-corrected chi connectivity index (χ2v) is 5.05. The highest BCUT2D eigenvalue weighted by Gasteiger charge is 2.31. The van der Waals surface area contributed by atoms with Gasteiger partial charge in [-0.05, 0) is 43.7 Å². The van der Waals surface area contributed by atoms with Crippen molar-refractivity contribution in [1.82, 2.24) is 9.97 Å². The summed E-state index contributed by atoms with van der Waals surface area (Å²) in [5, 5.41) is 10.8. The molecule has 6 nitrogen and oxygen atoms in total. The maximum atomic E-state index is 12.6. The second-order valence-electron chi connectivity index (χ2n) is 5.05. The van der Waals surface area contributed by atoms with E-state index >= 15 is 0 Å². The molecule has 0 aromatic carbocycles. The Kier molecular flexibility index (Phi) is 3.98. The summed E-state index contributed by atoms with van der Waals surface area (Å²) in [6.07, 6.45) is 3.42. The molecule has 21 heavy (non-hydrogen) atoms. The van der Waals surface area contributed by atoms with Crippen LogP contribution < -0.4 is 5.32 Å². The van der Waals surface area contributed by atoms with E-state index in [1.807, 2.05) is 13.8 Å². The fourth-order valence-corrected chi connectivity index (χ4v) is 1.95. The van der Waals surface area contributed by atoms with Gasteiger partial charge in [0.05, 0.1) is 17.3 Å². The fraction of sp³-hybridized carbons (Fsp3) is 0.200. The Labute approximate surface area is 121 Å². The number of ketones is 1. The van der Waals surface area contributed by atoms with E-state index in [2.05, 4.69) is 15.3 Å². The Balaban J connectivity index is 2.25. The molecular formula is C15H15N3O3. The number of Topliss-reactive ketones (excluding diaryl/α,β-unsaturated/α-hetero) is 1. The molecule has 2 aromatic heterocycles. The lowest BCUT2D eigenvalue weighted by molar-refractivity contribution is 0.0903. The quantitative estimate of drug-likeness (QED) is 0.843. The van der Waals surface area contributed by atoms with Crippen LogP contribution in [0.25, 0.3) is 0 Å². The van der Waals surface area contributed by atoms with Crippen molar-refractivity contribution in [3.8, 4) is 0 Å². The van der Waals surface area contributed by atoms with Gasteiger partial charge in [0.1, 0.15) is 5.69 Å². The minimum Gasteiger partial charge on any atom is -0.465 e. The monoisotopic (exact) mass is 285 g/mol. The van der Waals surface area contributed by atoms with Gasteiger partial charge < -0.3 is 5.11 Å². The summed E-state index contributed by atoms with van der Waals surface area (Å²) in [7, 11) is 0. The van der Waals surface area contributed by atoms with Crippen molar-refractivity contribution in [2.45, 2.75) is 19.3 Å². The highest BCUT2D eigenvalue weighted by Crippen LogP contribution is 2.26. The fourth-order valence-electron chi connectivity index (χ4n) is 1.95. The van der Waals surface area contributed by atoms with E-state index < -0.39 is 11.5 Å². The van der Waals surface area contributed by atoms with Gasteiger partial charge in [0, 0.05) is 12.4 Å². The summed E-state index contributed by atoms with van der Waals surface area (Å²) in [4.78, 5) is 31.1. The predicted molar refractivity (Wildman–Crippen MR) is 77.5 cm³/mol. The zero-order valence-corrected chi connectivity index (χ0v) is 11.7. The molecule has 1 amide bonds. The van der Waals surface area contributed by atoms with Crippen molar-refractivity contribution >= 4 is 17.6 Å². The first-order chi connectivity index (χ1) is 9.91. The minimum atomic E-state index is -1.17. The Morgan fingerprint density at radius 1 is 1.14 bits per heavy atom. The molecule has 0 unspecified atom stereocenters. The Morgan fingerprint density at radius 2 is 1.81 bits per heavy atom. The van der Waals surface area contributed by atoms with E-state index in [0.29, 0.717) is 5.69 Å². The molecule has 2 rings (SSSR count). The number of anilines is 1. The molecule has 0 radical (unpaired) electrons. The number of carboxylic acid groups (broad SMARTS) is 1. The maximum Gasteiger partial charge on any atom is 0.409 e. The summed E-state index contributed by atoms with van der Waals surface area (Å²) in [5.41, 5.74) is 0.711. The summed E-state index contributed by atoms with van der Waals surface area (Å²) in [6, 6.07) is 6.60. The lowest BCUT2D eigenvalue weighted by Gasteiger charge is -2.23. The number of aromatic nitrogens is 2. The van der Waals surface area contributed by atoms with E-state index in [4.69, 9.17) is 5.11 Å². The van der Waals surface area contributed by atoms with E-state index in [-0.39, 0.29) is 11.5 Å². The molecule has 0 saturated heterocycles. The SMILES string of the molecule is CC(C)(C(=O)c1ccc(NC(=O)O)cn1)c1ccncc1. The average Bonchev–Trinajstić information content (AvgIpc) is 2.47. The molecule has 6 heteroatoms. The highest BCUT2D eigenvalue weighted by molar-refractivity contribution is 6.02. The molecule has 0 saturated carbocycles. The first-order valence-electron chi connectivity index (χ1n) is 6.32. The van der Waals surface area contributed by atoms with Crippen LogP contribution in [0, 0.1) is 0 Å². The number of carbonyl (C=O) groups excluding carboxylic acids is 1. The van der Waals surface area contributed by atoms with Crippen molar-refractivity contribution in [3.63, 3.8) is 0 Å². The number of hydrogen-bond donors (Lipinski definition) is 2. The van der Waals surface area contributed by atoms with Crippen LogP contribution in [0.4, 0.5) is 10.5 Å².